The maximum Gasteiger partial charge on any atom is 0.144 e. The molecule has 0 N–H and O–H groups in total. The second-order valence-electron chi connectivity index (χ2n) is 4.18. The van der Waals surface area contributed by atoms with Gasteiger partial charge in [0.25, 0.3) is 0 Å². The lowest BCUT2D eigenvalue weighted by molar-refractivity contribution is 0.581. The lowest BCUT2D eigenvalue weighted by atomic mass is 10.2. The molecule has 3 heteroatoms. The van der Waals surface area contributed by atoms with Gasteiger partial charge in [-0.2, -0.15) is 0 Å². The Labute approximate surface area is 90.9 Å². The fourth-order valence-corrected chi connectivity index (χ4v) is 4.62. The Morgan fingerprint density at radius 1 is 1.33 bits per heavy atom. The van der Waals surface area contributed by atoms with Gasteiger partial charge in [0.1, 0.15) is 10.1 Å². The number of nitrogens with zero attached hydrogens (tertiary/aromatic N) is 1. The number of benzene rings is 1. The van der Waals surface area contributed by atoms with E-state index in [1.54, 1.807) is 0 Å². The van der Waals surface area contributed by atoms with Crippen LogP contribution in [0.1, 0.15) is 25.3 Å². The van der Waals surface area contributed by atoms with Crippen molar-refractivity contribution in [2.45, 2.75) is 29.9 Å². The Hall–Kier alpha value is -0.930. The van der Waals surface area contributed by atoms with E-state index in [-0.39, 0.29) is 0 Å². The van der Waals surface area contributed by atoms with Crippen molar-refractivity contribution in [3.05, 3.63) is 35.5 Å². The Kier molecular flexibility index (Phi) is 1.88. The van der Waals surface area contributed by atoms with E-state index in [0.29, 0.717) is 5.25 Å². The van der Waals surface area contributed by atoms with Gasteiger partial charge in [0.05, 0.1) is 5.70 Å². The molecule has 3 rings (SSSR count). The van der Waals surface area contributed by atoms with E-state index in [1.807, 2.05) is 37.3 Å². The topological polar surface area (TPSA) is 35.4 Å². The molecule has 1 heterocycles. The first-order valence-electron chi connectivity index (χ1n) is 5.23. The molecule has 0 amide bonds. The van der Waals surface area contributed by atoms with Crippen LogP contribution in [-0.2, 0) is 10.1 Å². The van der Waals surface area contributed by atoms with Crippen molar-refractivity contribution in [2.75, 3.05) is 0 Å². The second kappa shape index (κ2) is 3.03. The molecule has 1 fully saturated rings. The molecular formula is C12H13NOS. The van der Waals surface area contributed by atoms with E-state index >= 15 is 0 Å². The molecule has 78 valence electrons. The van der Waals surface area contributed by atoms with Gasteiger partial charge >= 0.3 is 0 Å². The molecule has 1 aliphatic heterocycles. The number of hydrogen-bond acceptors (Lipinski definition) is 2. The molecule has 0 saturated heterocycles. The van der Waals surface area contributed by atoms with Crippen LogP contribution in [0, 0.1) is 0 Å². The molecule has 0 spiro atoms. The van der Waals surface area contributed by atoms with Gasteiger partial charge in [-0.25, -0.2) is 0 Å². The molecule has 0 radical (unpaired) electrons. The molecule has 15 heavy (non-hydrogen) atoms. The quantitative estimate of drug-likeness (QED) is 0.669. The Bertz CT molecular complexity index is 500. The van der Waals surface area contributed by atoms with Crippen LogP contribution in [0.15, 0.2) is 39.2 Å². The van der Waals surface area contributed by atoms with E-state index in [4.69, 9.17) is 0 Å². The van der Waals surface area contributed by atoms with E-state index in [1.165, 1.54) is 0 Å². The molecule has 2 nitrogen and oxygen atoms in total. The van der Waals surface area contributed by atoms with Crippen molar-refractivity contribution < 1.29 is 4.55 Å². The minimum atomic E-state index is -2.15. The van der Waals surface area contributed by atoms with Gasteiger partial charge in [-0.05, 0) is 48.1 Å². The summed E-state index contributed by atoms with van der Waals surface area (Å²) in [5, 5.41) is 0.294. The summed E-state index contributed by atoms with van der Waals surface area (Å²) in [6.07, 6.45) is 4.13. The minimum absolute atomic E-state index is 0.294. The highest BCUT2D eigenvalue weighted by Gasteiger charge is 2.41. The van der Waals surface area contributed by atoms with Crippen LogP contribution < -0.4 is 0 Å². The third-order valence-electron chi connectivity index (χ3n) is 2.85. The van der Waals surface area contributed by atoms with Crippen molar-refractivity contribution in [3.8, 4) is 0 Å². The third kappa shape index (κ3) is 1.38. The summed E-state index contributed by atoms with van der Waals surface area (Å²) in [7, 11) is -2.15. The smallest absolute Gasteiger partial charge is 0.144 e. The number of rotatable bonds is 1. The first-order valence-corrected chi connectivity index (χ1v) is 6.81. The fourth-order valence-electron chi connectivity index (χ4n) is 2.02. The molecule has 2 aliphatic rings. The summed E-state index contributed by atoms with van der Waals surface area (Å²) in [5.41, 5.74) is 1.98. The highest BCUT2D eigenvalue weighted by Crippen LogP contribution is 2.43. The van der Waals surface area contributed by atoms with Gasteiger partial charge < -0.3 is 4.55 Å². The van der Waals surface area contributed by atoms with Gasteiger partial charge in [0.2, 0.25) is 0 Å². The van der Waals surface area contributed by atoms with Crippen LogP contribution in [0.4, 0.5) is 0 Å². The summed E-state index contributed by atoms with van der Waals surface area (Å²) in [6.45, 7) is 1.93. The fraction of sp³-hybridized carbons (Fsp3) is 0.333. The van der Waals surface area contributed by atoms with E-state index in [0.717, 1.165) is 29.0 Å². The van der Waals surface area contributed by atoms with Crippen molar-refractivity contribution in [3.63, 3.8) is 0 Å². The SMILES string of the molecule is CC1=Cc2ccccc2[S+]([O-])(C2CC2)=N1. The highest BCUT2D eigenvalue weighted by atomic mass is 32.3. The summed E-state index contributed by atoms with van der Waals surface area (Å²) in [4.78, 5) is 0.943. The second-order valence-corrected chi connectivity index (χ2v) is 6.61. The monoisotopic (exact) mass is 219 g/mol. The standard InChI is InChI=1S/C12H13NOS/c1-9-8-10-4-2-3-5-12(10)15(14,13-9)11-6-7-11/h2-5,8,11H,6-7H2,1H3. The summed E-state index contributed by atoms with van der Waals surface area (Å²) < 4.78 is 17.2. The Balaban J connectivity index is 2.27. The molecule has 1 aliphatic carbocycles. The minimum Gasteiger partial charge on any atom is -0.626 e. The molecule has 1 atom stereocenters. The number of hydrogen-bond donors (Lipinski definition) is 0. The average molecular weight is 219 g/mol. The molecule has 1 aromatic rings. The van der Waals surface area contributed by atoms with Crippen LogP contribution in [0.2, 0.25) is 0 Å². The lowest BCUT2D eigenvalue weighted by Gasteiger charge is -2.26. The van der Waals surface area contributed by atoms with Gasteiger partial charge in [-0.1, -0.05) is 12.1 Å². The van der Waals surface area contributed by atoms with Crippen LogP contribution in [-0.4, -0.2) is 9.80 Å². The average Bonchev–Trinajstić information content (AvgIpc) is 3.00. The predicted octanol–water partition coefficient (Wildman–Crippen LogP) is 3.05. The van der Waals surface area contributed by atoms with E-state index in [2.05, 4.69) is 4.36 Å². The summed E-state index contributed by atoms with van der Waals surface area (Å²) >= 11 is 0. The molecule has 1 unspecified atom stereocenters. The molecule has 0 aromatic heterocycles. The zero-order valence-electron chi connectivity index (χ0n) is 8.64. The van der Waals surface area contributed by atoms with Crippen molar-refractivity contribution in [1.29, 1.82) is 0 Å². The van der Waals surface area contributed by atoms with Crippen molar-refractivity contribution >= 4 is 16.2 Å². The molecule has 1 aromatic carbocycles. The molecular weight excluding hydrogens is 206 g/mol. The van der Waals surface area contributed by atoms with E-state index < -0.39 is 10.1 Å². The maximum atomic E-state index is 12.8. The van der Waals surface area contributed by atoms with Crippen LogP contribution in [0.25, 0.3) is 6.08 Å². The first kappa shape index (κ1) is 9.31. The maximum absolute atomic E-state index is 12.8. The lowest BCUT2D eigenvalue weighted by Crippen LogP contribution is -2.20. The zero-order chi connectivity index (χ0) is 10.5. The Morgan fingerprint density at radius 3 is 2.80 bits per heavy atom. The van der Waals surface area contributed by atoms with E-state index in [9.17, 15) is 4.55 Å². The largest absolute Gasteiger partial charge is 0.626 e. The van der Waals surface area contributed by atoms with Gasteiger partial charge in [-0.15, -0.1) is 4.36 Å². The Morgan fingerprint density at radius 2 is 2.07 bits per heavy atom. The zero-order valence-corrected chi connectivity index (χ0v) is 9.46. The predicted molar refractivity (Wildman–Crippen MR) is 62.0 cm³/mol. The van der Waals surface area contributed by atoms with Gasteiger partial charge in [0, 0.05) is 5.56 Å². The van der Waals surface area contributed by atoms with Gasteiger partial charge in [0.15, 0.2) is 0 Å². The first-order chi connectivity index (χ1) is 7.20. The number of fused-ring (bicyclic) bond motifs is 1. The van der Waals surface area contributed by atoms with Crippen molar-refractivity contribution in [2.24, 2.45) is 4.36 Å². The summed E-state index contributed by atoms with van der Waals surface area (Å²) in [5.74, 6) is 0. The normalized spacial score (nSPS) is 29.1. The summed E-state index contributed by atoms with van der Waals surface area (Å²) in [6, 6.07) is 7.92. The van der Waals surface area contributed by atoms with Gasteiger partial charge in [-0.3, -0.25) is 0 Å². The van der Waals surface area contributed by atoms with Crippen molar-refractivity contribution in [1.82, 2.24) is 0 Å². The van der Waals surface area contributed by atoms with Crippen LogP contribution >= 0.6 is 0 Å². The highest BCUT2D eigenvalue weighted by molar-refractivity contribution is 8.00. The molecule has 1 saturated carbocycles. The van der Waals surface area contributed by atoms with Crippen LogP contribution in [0.5, 0.6) is 0 Å². The number of allylic oxidation sites excluding steroid dienone is 1. The third-order valence-corrected chi connectivity index (χ3v) is 5.79. The molecule has 0 bridgehead atoms. The van der Waals surface area contributed by atoms with Crippen LogP contribution in [0.3, 0.4) is 0 Å².